The first-order chi connectivity index (χ1) is 8.16. The van der Waals surface area contributed by atoms with Crippen LogP contribution in [-0.4, -0.2) is 22.8 Å². The molecule has 0 spiro atoms. The lowest BCUT2D eigenvalue weighted by molar-refractivity contribution is 0.0774. The molecule has 4 heteroatoms. The molecule has 0 saturated heterocycles. The van der Waals surface area contributed by atoms with Gasteiger partial charge in [-0.2, -0.15) is 0 Å². The van der Waals surface area contributed by atoms with Gasteiger partial charge in [0.25, 0.3) is 5.91 Å². The van der Waals surface area contributed by atoms with Crippen molar-refractivity contribution in [3.8, 4) is 0 Å². The number of amides is 1. The Balaban J connectivity index is 2.06. The summed E-state index contributed by atoms with van der Waals surface area (Å²) in [4.78, 5) is 17.5. The number of aryl methyl sites for hydroxylation is 1. The van der Waals surface area contributed by atoms with Crippen molar-refractivity contribution in [3.05, 3.63) is 53.7 Å². The van der Waals surface area contributed by atoms with E-state index in [1.807, 2.05) is 19.1 Å². The van der Waals surface area contributed by atoms with Gasteiger partial charge in [-0.05, 0) is 31.2 Å². The summed E-state index contributed by atoms with van der Waals surface area (Å²) in [5, 5.41) is 0. The topological polar surface area (TPSA) is 46.3 Å². The smallest absolute Gasteiger partial charge is 0.255 e. The summed E-state index contributed by atoms with van der Waals surface area (Å²) in [7, 11) is 1.74. The van der Waals surface area contributed by atoms with E-state index in [-0.39, 0.29) is 5.91 Å². The van der Waals surface area contributed by atoms with Crippen molar-refractivity contribution < 1.29 is 9.21 Å². The van der Waals surface area contributed by atoms with Gasteiger partial charge in [-0.3, -0.25) is 9.78 Å². The largest absolute Gasteiger partial charge is 0.464 e. The zero-order chi connectivity index (χ0) is 12.3. The molecule has 17 heavy (non-hydrogen) atoms. The fraction of sp³-hybridized carbons (Fsp3) is 0.231. The van der Waals surface area contributed by atoms with E-state index in [0.29, 0.717) is 12.1 Å². The summed E-state index contributed by atoms with van der Waals surface area (Å²) < 4.78 is 5.43. The molecule has 0 saturated carbocycles. The van der Waals surface area contributed by atoms with Crippen molar-refractivity contribution in [2.45, 2.75) is 13.5 Å². The molecule has 0 aliphatic heterocycles. The van der Waals surface area contributed by atoms with E-state index in [9.17, 15) is 4.79 Å². The van der Waals surface area contributed by atoms with E-state index < -0.39 is 0 Å². The summed E-state index contributed by atoms with van der Waals surface area (Å²) in [6, 6.07) is 7.26. The molecule has 2 rings (SSSR count). The molecule has 0 fully saturated rings. The number of hydrogen-bond acceptors (Lipinski definition) is 3. The second-order valence-electron chi connectivity index (χ2n) is 3.92. The second-order valence-corrected chi connectivity index (χ2v) is 3.92. The Morgan fingerprint density at radius 2 is 2.24 bits per heavy atom. The molecule has 0 N–H and O–H groups in total. The highest BCUT2D eigenvalue weighted by molar-refractivity contribution is 5.93. The van der Waals surface area contributed by atoms with Gasteiger partial charge in [0, 0.05) is 19.4 Å². The van der Waals surface area contributed by atoms with Crippen LogP contribution in [-0.2, 0) is 6.54 Å². The number of carbonyl (C=O) groups is 1. The van der Waals surface area contributed by atoms with Crippen LogP contribution in [0.25, 0.3) is 0 Å². The van der Waals surface area contributed by atoms with Crippen LogP contribution in [0.4, 0.5) is 0 Å². The Hall–Kier alpha value is -2.10. The average molecular weight is 230 g/mol. The molecule has 0 unspecified atom stereocenters. The van der Waals surface area contributed by atoms with Crippen LogP contribution in [0.1, 0.15) is 21.9 Å². The lowest BCUT2D eigenvalue weighted by Gasteiger charge is -2.15. The highest BCUT2D eigenvalue weighted by Crippen LogP contribution is 2.10. The molecule has 2 heterocycles. The van der Waals surface area contributed by atoms with E-state index >= 15 is 0 Å². The molecule has 88 valence electrons. The summed E-state index contributed by atoms with van der Waals surface area (Å²) >= 11 is 0. The molecule has 1 amide bonds. The predicted molar refractivity (Wildman–Crippen MR) is 63.5 cm³/mol. The summed E-state index contributed by atoms with van der Waals surface area (Å²) in [5.41, 5.74) is 0.582. The number of furan rings is 1. The number of rotatable bonds is 3. The molecule has 0 aliphatic carbocycles. The molecule has 0 radical (unpaired) electrons. The zero-order valence-corrected chi connectivity index (χ0v) is 9.88. The van der Waals surface area contributed by atoms with E-state index in [1.165, 1.54) is 0 Å². The molecule has 2 aromatic rings. The Labute approximate surface area is 99.9 Å². The minimum absolute atomic E-state index is 0.0628. The SMILES string of the molecule is Cc1ccc(CN(C)C(=O)c2cccnc2)o1. The quantitative estimate of drug-likeness (QED) is 0.812. The molecular formula is C13H14N2O2. The highest BCUT2D eigenvalue weighted by atomic mass is 16.3. The Morgan fingerprint density at radius 3 is 2.82 bits per heavy atom. The van der Waals surface area contributed by atoms with Gasteiger partial charge in [0.1, 0.15) is 11.5 Å². The zero-order valence-electron chi connectivity index (χ0n) is 9.88. The van der Waals surface area contributed by atoms with E-state index in [0.717, 1.165) is 11.5 Å². The molecule has 2 aromatic heterocycles. The van der Waals surface area contributed by atoms with Gasteiger partial charge in [-0.15, -0.1) is 0 Å². The molecule has 0 atom stereocenters. The van der Waals surface area contributed by atoms with Gasteiger partial charge >= 0.3 is 0 Å². The fourth-order valence-corrected chi connectivity index (χ4v) is 1.59. The minimum Gasteiger partial charge on any atom is -0.464 e. The number of pyridine rings is 1. The maximum absolute atomic E-state index is 12.0. The second kappa shape index (κ2) is 4.82. The van der Waals surface area contributed by atoms with Gasteiger partial charge in [0.05, 0.1) is 12.1 Å². The van der Waals surface area contributed by atoms with Gasteiger partial charge in [-0.1, -0.05) is 0 Å². The third kappa shape index (κ3) is 2.72. The molecular weight excluding hydrogens is 216 g/mol. The average Bonchev–Trinajstić information content (AvgIpc) is 2.75. The van der Waals surface area contributed by atoms with Crippen molar-refractivity contribution in [2.24, 2.45) is 0 Å². The van der Waals surface area contributed by atoms with Gasteiger partial charge < -0.3 is 9.32 Å². The van der Waals surface area contributed by atoms with E-state index in [1.54, 1.807) is 36.5 Å². The first-order valence-electron chi connectivity index (χ1n) is 5.37. The van der Waals surface area contributed by atoms with Crippen LogP contribution >= 0.6 is 0 Å². The number of carbonyl (C=O) groups excluding carboxylic acids is 1. The Kier molecular flexibility index (Phi) is 3.23. The highest BCUT2D eigenvalue weighted by Gasteiger charge is 2.13. The normalized spacial score (nSPS) is 10.2. The maximum Gasteiger partial charge on any atom is 0.255 e. The molecule has 0 aliphatic rings. The van der Waals surface area contributed by atoms with Crippen LogP contribution < -0.4 is 0 Å². The van der Waals surface area contributed by atoms with Gasteiger partial charge in [0.2, 0.25) is 0 Å². The molecule has 0 bridgehead atoms. The predicted octanol–water partition coefficient (Wildman–Crippen LogP) is 2.26. The Bertz CT molecular complexity index is 505. The van der Waals surface area contributed by atoms with Crippen LogP contribution in [0.2, 0.25) is 0 Å². The van der Waals surface area contributed by atoms with Crippen molar-refractivity contribution in [1.29, 1.82) is 0 Å². The lowest BCUT2D eigenvalue weighted by atomic mass is 10.2. The first kappa shape index (κ1) is 11.4. The maximum atomic E-state index is 12.0. The number of nitrogens with zero attached hydrogens (tertiary/aromatic N) is 2. The summed E-state index contributed by atoms with van der Waals surface area (Å²) in [5.74, 6) is 1.57. The van der Waals surface area contributed by atoms with Crippen molar-refractivity contribution >= 4 is 5.91 Å². The summed E-state index contributed by atoms with van der Waals surface area (Å²) in [6.45, 7) is 2.34. The van der Waals surface area contributed by atoms with Gasteiger partial charge in [0.15, 0.2) is 0 Å². The van der Waals surface area contributed by atoms with E-state index in [2.05, 4.69) is 4.98 Å². The van der Waals surface area contributed by atoms with Crippen molar-refractivity contribution in [2.75, 3.05) is 7.05 Å². The first-order valence-corrected chi connectivity index (χ1v) is 5.37. The van der Waals surface area contributed by atoms with Crippen molar-refractivity contribution in [3.63, 3.8) is 0 Å². The fourth-order valence-electron chi connectivity index (χ4n) is 1.59. The third-order valence-corrected chi connectivity index (χ3v) is 2.44. The minimum atomic E-state index is -0.0628. The molecule has 4 nitrogen and oxygen atoms in total. The van der Waals surface area contributed by atoms with Gasteiger partial charge in [-0.25, -0.2) is 0 Å². The van der Waals surface area contributed by atoms with Crippen molar-refractivity contribution in [1.82, 2.24) is 9.88 Å². The lowest BCUT2D eigenvalue weighted by Crippen LogP contribution is -2.26. The standard InChI is InChI=1S/C13H14N2O2/c1-10-5-6-12(17-10)9-15(2)13(16)11-4-3-7-14-8-11/h3-8H,9H2,1-2H3. The molecule has 0 aromatic carbocycles. The number of hydrogen-bond donors (Lipinski definition) is 0. The van der Waals surface area contributed by atoms with Crippen LogP contribution in [0.3, 0.4) is 0 Å². The van der Waals surface area contributed by atoms with Crippen LogP contribution in [0.5, 0.6) is 0 Å². The Morgan fingerprint density at radius 1 is 1.41 bits per heavy atom. The number of aromatic nitrogens is 1. The van der Waals surface area contributed by atoms with Crippen LogP contribution in [0, 0.1) is 6.92 Å². The monoisotopic (exact) mass is 230 g/mol. The van der Waals surface area contributed by atoms with Crippen LogP contribution in [0.15, 0.2) is 41.1 Å². The third-order valence-electron chi connectivity index (χ3n) is 2.44. The van der Waals surface area contributed by atoms with E-state index in [4.69, 9.17) is 4.42 Å². The summed E-state index contributed by atoms with van der Waals surface area (Å²) in [6.07, 6.45) is 3.21.